The number of nitrogens with one attached hydrogen (secondary N) is 2. The zero-order chi connectivity index (χ0) is 12.2. The standard InChI is InChI=1S/C15H19N3/c1-2-12(3-1)10-16-11-13-4-6-14(7-5-13)15-8-9-17-18-15/h4-9,12,16H,1-3,10-11H2,(H,17,18). The van der Waals surface area contributed by atoms with Crippen molar-refractivity contribution >= 4 is 0 Å². The van der Waals surface area contributed by atoms with Crippen LogP contribution >= 0.6 is 0 Å². The molecule has 0 unspecified atom stereocenters. The number of H-pyrrole nitrogens is 1. The quantitative estimate of drug-likeness (QED) is 0.845. The summed E-state index contributed by atoms with van der Waals surface area (Å²) in [6.45, 7) is 2.14. The summed E-state index contributed by atoms with van der Waals surface area (Å²) in [5.41, 5.74) is 3.61. The van der Waals surface area contributed by atoms with Crippen LogP contribution < -0.4 is 5.32 Å². The molecule has 2 aromatic rings. The summed E-state index contributed by atoms with van der Waals surface area (Å²) in [6, 6.07) is 10.7. The first kappa shape index (κ1) is 11.5. The van der Waals surface area contributed by atoms with E-state index in [1.165, 1.54) is 36.9 Å². The molecule has 1 aliphatic rings. The van der Waals surface area contributed by atoms with Gasteiger partial charge in [0.2, 0.25) is 0 Å². The molecule has 0 aliphatic heterocycles. The van der Waals surface area contributed by atoms with Gasteiger partial charge in [-0.2, -0.15) is 5.10 Å². The van der Waals surface area contributed by atoms with E-state index in [9.17, 15) is 0 Å². The van der Waals surface area contributed by atoms with Crippen molar-refractivity contribution in [2.45, 2.75) is 25.8 Å². The van der Waals surface area contributed by atoms with Crippen LogP contribution in [0.15, 0.2) is 36.5 Å². The van der Waals surface area contributed by atoms with E-state index in [4.69, 9.17) is 0 Å². The van der Waals surface area contributed by atoms with Crippen molar-refractivity contribution in [3.8, 4) is 11.3 Å². The van der Waals surface area contributed by atoms with Crippen molar-refractivity contribution in [1.29, 1.82) is 0 Å². The highest BCUT2D eigenvalue weighted by Gasteiger charge is 2.16. The summed E-state index contributed by atoms with van der Waals surface area (Å²) in [5, 5.41) is 10.5. The molecule has 18 heavy (non-hydrogen) atoms. The zero-order valence-electron chi connectivity index (χ0n) is 10.5. The fraction of sp³-hybridized carbons (Fsp3) is 0.400. The van der Waals surface area contributed by atoms with E-state index in [-0.39, 0.29) is 0 Å². The molecular formula is C15H19N3. The Hall–Kier alpha value is -1.61. The topological polar surface area (TPSA) is 40.7 Å². The minimum absolute atomic E-state index is 0.925. The number of hydrogen-bond acceptors (Lipinski definition) is 2. The van der Waals surface area contributed by atoms with Crippen LogP contribution in [0.4, 0.5) is 0 Å². The Labute approximate surface area is 108 Å². The molecule has 0 atom stereocenters. The SMILES string of the molecule is c1cc(-c2ccc(CNCC3CCC3)cc2)[nH]n1. The van der Waals surface area contributed by atoms with E-state index < -0.39 is 0 Å². The van der Waals surface area contributed by atoms with Gasteiger partial charge < -0.3 is 5.32 Å². The van der Waals surface area contributed by atoms with Crippen LogP contribution in [-0.2, 0) is 6.54 Å². The second-order valence-electron chi connectivity index (χ2n) is 5.10. The van der Waals surface area contributed by atoms with Gasteiger partial charge in [0.1, 0.15) is 0 Å². The van der Waals surface area contributed by atoms with Crippen LogP contribution in [0.2, 0.25) is 0 Å². The van der Waals surface area contributed by atoms with Gasteiger partial charge in [-0.3, -0.25) is 5.10 Å². The fourth-order valence-electron chi connectivity index (χ4n) is 2.34. The first-order valence-electron chi connectivity index (χ1n) is 6.71. The number of hydrogen-bond donors (Lipinski definition) is 2. The third-order valence-corrected chi connectivity index (χ3v) is 3.75. The molecule has 3 nitrogen and oxygen atoms in total. The van der Waals surface area contributed by atoms with Crippen LogP contribution in [0.5, 0.6) is 0 Å². The first-order valence-corrected chi connectivity index (χ1v) is 6.71. The average Bonchev–Trinajstić information content (AvgIpc) is 2.87. The van der Waals surface area contributed by atoms with Crippen LogP contribution in [0, 0.1) is 5.92 Å². The molecule has 0 amide bonds. The second kappa shape index (κ2) is 5.36. The summed E-state index contributed by atoms with van der Waals surface area (Å²) in [4.78, 5) is 0. The summed E-state index contributed by atoms with van der Waals surface area (Å²) in [6.07, 6.45) is 6.02. The number of nitrogens with zero attached hydrogens (tertiary/aromatic N) is 1. The lowest BCUT2D eigenvalue weighted by atomic mass is 9.85. The van der Waals surface area contributed by atoms with E-state index in [0.29, 0.717) is 0 Å². The minimum Gasteiger partial charge on any atom is -0.312 e. The Kier molecular flexibility index (Phi) is 3.42. The van der Waals surface area contributed by atoms with E-state index in [1.807, 2.05) is 6.07 Å². The highest BCUT2D eigenvalue weighted by atomic mass is 15.1. The van der Waals surface area contributed by atoms with E-state index in [1.54, 1.807) is 6.20 Å². The largest absolute Gasteiger partial charge is 0.312 e. The van der Waals surface area contributed by atoms with E-state index in [2.05, 4.69) is 39.8 Å². The molecule has 0 saturated heterocycles. The van der Waals surface area contributed by atoms with E-state index in [0.717, 1.165) is 18.2 Å². The molecule has 1 aromatic heterocycles. The van der Waals surface area contributed by atoms with Crippen LogP contribution in [0.3, 0.4) is 0 Å². The van der Waals surface area contributed by atoms with Crippen molar-refractivity contribution in [2.75, 3.05) is 6.54 Å². The molecule has 1 fully saturated rings. The van der Waals surface area contributed by atoms with Gasteiger partial charge in [0.15, 0.2) is 0 Å². The molecule has 1 aliphatic carbocycles. The molecule has 0 spiro atoms. The normalized spacial score (nSPS) is 15.6. The Morgan fingerprint density at radius 2 is 2.00 bits per heavy atom. The van der Waals surface area contributed by atoms with Crippen LogP contribution in [0.25, 0.3) is 11.3 Å². The van der Waals surface area contributed by atoms with Crippen molar-refractivity contribution in [2.24, 2.45) is 5.92 Å². The van der Waals surface area contributed by atoms with Crippen molar-refractivity contribution < 1.29 is 0 Å². The molecule has 1 aromatic carbocycles. The number of aromatic amines is 1. The van der Waals surface area contributed by atoms with Crippen molar-refractivity contribution in [3.05, 3.63) is 42.1 Å². The summed E-state index contributed by atoms with van der Waals surface area (Å²) >= 11 is 0. The second-order valence-corrected chi connectivity index (χ2v) is 5.10. The highest BCUT2D eigenvalue weighted by Crippen LogP contribution is 2.25. The zero-order valence-corrected chi connectivity index (χ0v) is 10.5. The van der Waals surface area contributed by atoms with Gasteiger partial charge in [-0.05, 0) is 42.5 Å². The number of benzene rings is 1. The number of rotatable bonds is 5. The van der Waals surface area contributed by atoms with E-state index >= 15 is 0 Å². The first-order chi connectivity index (χ1) is 8.92. The van der Waals surface area contributed by atoms with Crippen molar-refractivity contribution in [1.82, 2.24) is 15.5 Å². The predicted octanol–water partition coefficient (Wildman–Crippen LogP) is 2.97. The molecule has 3 heteroatoms. The van der Waals surface area contributed by atoms with Gasteiger partial charge >= 0.3 is 0 Å². The summed E-state index contributed by atoms with van der Waals surface area (Å²) in [7, 11) is 0. The van der Waals surface area contributed by atoms with Crippen molar-refractivity contribution in [3.63, 3.8) is 0 Å². The molecule has 94 valence electrons. The fourth-order valence-corrected chi connectivity index (χ4v) is 2.34. The monoisotopic (exact) mass is 241 g/mol. The molecule has 2 N–H and O–H groups in total. The third-order valence-electron chi connectivity index (χ3n) is 3.75. The summed E-state index contributed by atoms with van der Waals surface area (Å²) < 4.78 is 0. The Bertz CT molecular complexity index is 469. The Morgan fingerprint density at radius 3 is 2.61 bits per heavy atom. The lowest BCUT2D eigenvalue weighted by Crippen LogP contribution is -2.26. The molecule has 0 bridgehead atoms. The van der Waals surface area contributed by atoms with Crippen LogP contribution in [-0.4, -0.2) is 16.7 Å². The molecule has 1 saturated carbocycles. The van der Waals surface area contributed by atoms with Gasteiger partial charge in [0, 0.05) is 12.7 Å². The molecular weight excluding hydrogens is 222 g/mol. The van der Waals surface area contributed by atoms with Gasteiger partial charge in [-0.15, -0.1) is 0 Å². The number of aromatic nitrogens is 2. The molecule has 0 radical (unpaired) electrons. The maximum Gasteiger partial charge on any atom is 0.0650 e. The summed E-state index contributed by atoms with van der Waals surface area (Å²) in [5.74, 6) is 0.925. The maximum atomic E-state index is 3.97. The molecule has 3 rings (SSSR count). The minimum atomic E-state index is 0.925. The lowest BCUT2D eigenvalue weighted by molar-refractivity contribution is 0.301. The molecule has 1 heterocycles. The van der Waals surface area contributed by atoms with Crippen LogP contribution in [0.1, 0.15) is 24.8 Å². The maximum absolute atomic E-state index is 3.97. The highest BCUT2D eigenvalue weighted by molar-refractivity contribution is 5.58. The predicted molar refractivity (Wildman–Crippen MR) is 73.1 cm³/mol. The van der Waals surface area contributed by atoms with Gasteiger partial charge in [0.25, 0.3) is 0 Å². The lowest BCUT2D eigenvalue weighted by Gasteiger charge is -2.25. The third kappa shape index (κ3) is 2.62. The Morgan fingerprint density at radius 1 is 1.17 bits per heavy atom. The smallest absolute Gasteiger partial charge is 0.0650 e. The van der Waals surface area contributed by atoms with Gasteiger partial charge in [0.05, 0.1) is 5.69 Å². The van der Waals surface area contributed by atoms with Gasteiger partial charge in [-0.25, -0.2) is 0 Å². The Balaban J connectivity index is 1.54. The van der Waals surface area contributed by atoms with Gasteiger partial charge in [-0.1, -0.05) is 30.7 Å². The average molecular weight is 241 g/mol.